The number of para-hydroxylation sites is 2. The topological polar surface area (TPSA) is 84.0 Å². The van der Waals surface area contributed by atoms with Crippen LogP contribution in [0.5, 0.6) is 0 Å². The molecule has 3 aliphatic rings. The Morgan fingerprint density at radius 1 is 0.605 bits per heavy atom. The Hall–Kier alpha value is -4.84. The summed E-state index contributed by atoms with van der Waals surface area (Å²) < 4.78 is 0. The molecule has 7 rings (SSSR count). The van der Waals surface area contributed by atoms with Crippen molar-refractivity contribution < 1.29 is 9.59 Å². The van der Waals surface area contributed by atoms with Crippen LogP contribution >= 0.6 is 0 Å². The van der Waals surface area contributed by atoms with Crippen molar-refractivity contribution in [3.05, 3.63) is 120 Å². The lowest BCUT2D eigenvalue weighted by Gasteiger charge is -2.25. The highest BCUT2D eigenvalue weighted by atomic mass is 16.2. The third-order valence-electron chi connectivity index (χ3n) is 7.45. The molecular weight excluding hydrogens is 472 g/mol. The van der Waals surface area contributed by atoms with Crippen LogP contribution in [0.15, 0.2) is 97.1 Å². The lowest BCUT2D eigenvalue weighted by Crippen LogP contribution is -2.37. The minimum Gasteiger partial charge on any atom is -0.345 e. The van der Waals surface area contributed by atoms with Crippen molar-refractivity contribution in [3.63, 3.8) is 0 Å². The normalized spacial score (nSPS) is 20.5. The first-order valence-electron chi connectivity index (χ1n) is 12.8. The van der Waals surface area contributed by atoms with Crippen molar-refractivity contribution in [2.75, 3.05) is 0 Å². The summed E-state index contributed by atoms with van der Waals surface area (Å²) in [5.41, 5.74) is 5.59. The molecule has 6 nitrogen and oxygen atoms in total. The van der Waals surface area contributed by atoms with Gasteiger partial charge in [0.05, 0.1) is 45.6 Å². The van der Waals surface area contributed by atoms with Crippen LogP contribution in [0.25, 0.3) is 33.0 Å². The summed E-state index contributed by atoms with van der Waals surface area (Å²) in [6.07, 6.45) is 13.3. The Morgan fingerprint density at radius 3 is 1.55 bits per heavy atom. The second-order valence-electron chi connectivity index (χ2n) is 9.77. The van der Waals surface area contributed by atoms with Gasteiger partial charge in [0, 0.05) is 21.9 Å². The first-order valence-corrected chi connectivity index (χ1v) is 12.8. The van der Waals surface area contributed by atoms with E-state index < -0.39 is 0 Å². The quantitative estimate of drug-likeness (QED) is 0.342. The number of benzene rings is 2. The van der Waals surface area contributed by atoms with Gasteiger partial charge in [-0.05, 0) is 37.1 Å². The molecule has 0 spiro atoms. The number of aromatic nitrogens is 2. The van der Waals surface area contributed by atoms with Gasteiger partial charge in [-0.3, -0.25) is 9.59 Å². The summed E-state index contributed by atoms with van der Waals surface area (Å²) in [4.78, 5) is 37.3. The maximum atomic E-state index is 13.7. The van der Waals surface area contributed by atoms with Crippen LogP contribution in [-0.2, 0) is 0 Å². The number of rotatable bonds is 0. The minimum absolute atomic E-state index is 0.178. The molecule has 6 heteroatoms. The van der Waals surface area contributed by atoms with Gasteiger partial charge in [0.1, 0.15) is 0 Å². The van der Waals surface area contributed by atoms with Gasteiger partial charge in [0.2, 0.25) is 0 Å². The molecule has 0 saturated heterocycles. The van der Waals surface area contributed by atoms with Crippen LogP contribution < -0.4 is 10.6 Å². The Morgan fingerprint density at radius 2 is 1.08 bits per heavy atom. The Labute approximate surface area is 219 Å². The van der Waals surface area contributed by atoms with E-state index in [9.17, 15) is 9.59 Å². The highest BCUT2D eigenvalue weighted by Gasteiger charge is 2.26. The summed E-state index contributed by atoms with van der Waals surface area (Å²) in [6, 6.07) is 18.7. The molecule has 2 atom stereocenters. The monoisotopic (exact) mass is 496 g/mol. The number of carbonyl (C=O) groups excluding carboxylic acids is 2. The van der Waals surface area contributed by atoms with E-state index in [-0.39, 0.29) is 23.9 Å². The van der Waals surface area contributed by atoms with Gasteiger partial charge in [0.25, 0.3) is 11.8 Å². The molecule has 2 unspecified atom stereocenters. The average molecular weight is 497 g/mol. The van der Waals surface area contributed by atoms with Crippen LogP contribution in [0.3, 0.4) is 0 Å². The Bertz CT molecular complexity index is 1650. The SMILES string of the molecule is O=C1NC2CC=CC=C2c2ccc3cccc(c3n2)C(=O)NC2CC=CC=C2c2ccc3cccc1c3n2. The average Bonchev–Trinajstić information content (AvgIpc) is 2.96. The summed E-state index contributed by atoms with van der Waals surface area (Å²) in [5, 5.41) is 8.22. The van der Waals surface area contributed by atoms with E-state index in [0.29, 0.717) is 35.0 Å². The van der Waals surface area contributed by atoms with Crippen LogP contribution in [0, 0.1) is 0 Å². The molecule has 1 aliphatic heterocycles. The van der Waals surface area contributed by atoms with E-state index in [1.54, 1.807) is 0 Å². The fourth-order valence-electron chi connectivity index (χ4n) is 5.51. The maximum Gasteiger partial charge on any atom is 0.253 e. The molecule has 4 bridgehead atoms. The third kappa shape index (κ3) is 3.73. The van der Waals surface area contributed by atoms with E-state index in [0.717, 1.165) is 33.3 Å². The molecular formula is C32H24N4O2. The first kappa shape index (κ1) is 22.4. The summed E-state index contributed by atoms with van der Waals surface area (Å²) >= 11 is 0. The maximum absolute atomic E-state index is 13.7. The number of carbonyl (C=O) groups is 2. The second kappa shape index (κ2) is 8.92. The van der Waals surface area contributed by atoms with Gasteiger partial charge in [0.15, 0.2) is 0 Å². The van der Waals surface area contributed by atoms with Crippen LogP contribution in [0.2, 0.25) is 0 Å². The number of pyridine rings is 2. The number of amides is 2. The van der Waals surface area contributed by atoms with E-state index in [4.69, 9.17) is 9.97 Å². The molecule has 184 valence electrons. The van der Waals surface area contributed by atoms with Gasteiger partial charge in [-0.2, -0.15) is 0 Å². The van der Waals surface area contributed by atoms with Gasteiger partial charge in [-0.25, -0.2) is 9.97 Å². The molecule has 2 aromatic carbocycles. The van der Waals surface area contributed by atoms with Crippen molar-refractivity contribution in [1.82, 2.24) is 20.6 Å². The van der Waals surface area contributed by atoms with E-state index in [2.05, 4.69) is 10.6 Å². The van der Waals surface area contributed by atoms with Crippen molar-refractivity contribution in [3.8, 4) is 0 Å². The molecule has 2 aromatic heterocycles. The number of hydrogen-bond acceptors (Lipinski definition) is 4. The van der Waals surface area contributed by atoms with E-state index in [1.165, 1.54) is 0 Å². The van der Waals surface area contributed by atoms with Crippen molar-refractivity contribution in [2.24, 2.45) is 0 Å². The number of hydrogen-bond donors (Lipinski definition) is 2. The lowest BCUT2D eigenvalue weighted by atomic mass is 9.93. The molecule has 3 heterocycles. The van der Waals surface area contributed by atoms with Crippen molar-refractivity contribution >= 4 is 44.8 Å². The molecule has 2 aliphatic carbocycles. The number of nitrogens with one attached hydrogen (secondary N) is 2. The summed E-state index contributed by atoms with van der Waals surface area (Å²) in [7, 11) is 0. The summed E-state index contributed by atoms with van der Waals surface area (Å²) in [5.74, 6) is -0.357. The minimum atomic E-state index is -0.264. The zero-order valence-corrected chi connectivity index (χ0v) is 20.5. The Kier molecular flexibility index (Phi) is 5.25. The molecule has 0 saturated carbocycles. The highest BCUT2D eigenvalue weighted by Crippen LogP contribution is 2.30. The third-order valence-corrected chi connectivity index (χ3v) is 7.45. The molecule has 2 amide bonds. The fraction of sp³-hybridized carbons (Fsp3) is 0.125. The molecule has 0 radical (unpaired) electrons. The lowest BCUT2D eigenvalue weighted by molar-refractivity contribution is 0.0939. The molecule has 2 N–H and O–H groups in total. The number of fused-ring (bicyclic) bond motifs is 6. The first-order chi connectivity index (χ1) is 18.7. The second-order valence-corrected chi connectivity index (χ2v) is 9.77. The smallest absolute Gasteiger partial charge is 0.253 e. The summed E-state index contributed by atoms with van der Waals surface area (Å²) in [6.45, 7) is 0. The number of allylic oxidation sites excluding steroid dienone is 4. The van der Waals surface area contributed by atoms with Crippen LogP contribution in [0.1, 0.15) is 44.9 Å². The molecule has 38 heavy (non-hydrogen) atoms. The highest BCUT2D eigenvalue weighted by molar-refractivity contribution is 6.08. The van der Waals surface area contributed by atoms with Crippen molar-refractivity contribution in [1.29, 1.82) is 0 Å². The predicted molar refractivity (Wildman–Crippen MR) is 149 cm³/mol. The number of nitrogens with zero attached hydrogens (tertiary/aromatic N) is 2. The largest absolute Gasteiger partial charge is 0.345 e. The fourth-order valence-corrected chi connectivity index (χ4v) is 5.51. The zero-order valence-electron chi connectivity index (χ0n) is 20.5. The van der Waals surface area contributed by atoms with E-state index in [1.807, 2.05) is 97.1 Å². The zero-order chi connectivity index (χ0) is 25.6. The van der Waals surface area contributed by atoms with Crippen molar-refractivity contribution in [2.45, 2.75) is 24.9 Å². The van der Waals surface area contributed by atoms with Gasteiger partial charge >= 0.3 is 0 Å². The predicted octanol–water partition coefficient (Wildman–Crippen LogP) is 5.38. The molecule has 4 aromatic rings. The van der Waals surface area contributed by atoms with Gasteiger partial charge < -0.3 is 10.6 Å². The van der Waals surface area contributed by atoms with Gasteiger partial charge in [-0.15, -0.1) is 0 Å². The van der Waals surface area contributed by atoms with E-state index >= 15 is 0 Å². The van der Waals surface area contributed by atoms with Crippen LogP contribution in [0.4, 0.5) is 0 Å². The van der Waals surface area contributed by atoms with Crippen LogP contribution in [-0.4, -0.2) is 33.9 Å². The van der Waals surface area contributed by atoms with Gasteiger partial charge in [-0.1, -0.05) is 72.9 Å². The standard InChI is InChI=1S/C32H24N4O2/c37-31-24-12-6-8-20-16-18-28(34-30(20)24)22-10-2-4-14-26(22)36-32(38)23-11-5-7-19-15-17-27(33-29(19)23)21-9-1-3-13-25(21)35-31/h1-12,15-18,25-26H,13-14H2,(H,35,37)(H,36,38). The molecule has 0 fully saturated rings. The Balaban J connectivity index is 1.45.